The molecule has 0 saturated heterocycles. The van der Waals surface area contributed by atoms with E-state index in [0.717, 1.165) is 31.4 Å². The van der Waals surface area contributed by atoms with E-state index in [-0.39, 0.29) is 11.9 Å². The molecule has 0 aliphatic rings. The van der Waals surface area contributed by atoms with Crippen LogP contribution in [0.15, 0.2) is 47.6 Å². The van der Waals surface area contributed by atoms with Crippen molar-refractivity contribution in [2.24, 2.45) is 0 Å². The van der Waals surface area contributed by atoms with Gasteiger partial charge in [0.1, 0.15) is 5.01 Å². The first kappa shape index (κ1) is 18.0. The SMILES string of the molecule is Cc1ccc2nc(SCC(=O)N(C)[C@@H](C)c3nc4ccccc4s3)[nH]c2c1. The Kier molecular flexibility index (Phi) is 4.88. The van der Waals surface area contributed by atoms with Crippen LogP contribution >= 0.6 is 23.1 Å². The lowest BCUT2D eigenvalue weighted by atomic mass is 10.2. The number of thiazole rings is 1. The molecule has 2 heterocycles. The third kappa shape index (κ3) is 3.70. The molecule has 0 aliphatic carbocycles. The highest BCUT2D eigenvalue weighted by Crippen LogP contribution is 2.29. The molecule has 0 saturated carbocycles. The number of hydrogen-bond acceptors (Lipinski definition) is 5. The molecule has 2 aromatic carbocycles. The lowest BCUT2D eigenvalue weighted by Crippen LogP contribution is -2.31. The fraction of sp³-hybridized carbons (Fsp3) is 0.250. The number of amides is 1. The predicted octanol–water partition coefficient (Wildman–Crippen LogP) is 4.79. The Morgan fingerprint density at radius 2 is 2.04 bits per heavy atom. The number of nitrogens with one attached hydrogen (secondary N) is 1. The summed E-state index contributed by atoms with van der Waals surface area (Å²) in [5.74, 6) is 0.397. The molecule has 0 aliphatic heterocycles. The molecule has 1 atom stereocenters. The fourth-order valence-corrected chi connectivity index (χ4v) is 4.72. The Hall–Kier alpha value is -2.38. The maximum Gasteiger partial charge on any atom is 0.233 e. The number of imidazole rings is 1. The predicted molar refractivity (Wildman–Crippen MR) is 112 cm³/mol. The number of H-pyrrole nitrogens is 1. The monoisotopic (exact) mass is 396 g/mol. The zero-order valence-corrected chi connectivity index (χ0v) is 17.0. The minimum Gasteiger partial charge on any atom is -0.336 e. The van der Waals surface area contributed by atoms with Gasteiger partial charge in [-0.2, -0.15) is 0 Å². The van der Waals surface area contributed by atoms with Crippen LogP contribution in [0.4, 0.5) is 0 Å². The number of aryl methyl sites for hydroxylation is 1. The van der Waals surface area contributed by atoms with Crippen LogP contribution in [-0.2, 0) is 4.79 Å². The summed E-state index contributed by atoms with van der Waals surface area (Å²) in [5.41, 5.74) is 4.09. The number of rotatable bonds is 5. The van der Waals surface area contributed by atoms with Crippen molar-refractivity contribution in [1.29, 1.82) is 0 Å². The van der Waals surface area contributed by atoms with Gasteiger partial charge in [0.2, 0.25) is 5.91 Å². The number of carbonyl (C=O) groups is 1. The van der Waals surface area contributed by atoms with E-state index in [2.05, 4.69) is 34.0 Å². The van der Waals surface area contributed by atoms with Crippen LogP contribution in [0.1, 0.15) is 23.5 Å². The number of carbonyl (C=O) groups excluding carboxylic acids is 1. The first-order valence-electron chi connectivity index (χ1n) is 8.71. The maximum atomic E-state index is 12.7. The van der Waals surface area contributed by atoms with Crippen LogP contribution in [0, 0.1) is 6.92 Å². The van der Waals surface area contributed by atoms with Crippen LogP contribution < -0.4 is 0 Å². The molecular formula is C20H20N4OS2. The average molecular weight is 397 g/mol. The summed E-state index contributed by atoms with van der Waals surface area (Å²) < 4.78 is 1.15. The fourth-order valence-electron chi connectivity index (χ4n) is 2.85. The first-order valence-corrected chi connectivity index (χ1v) is 10.5. The Balaban J connectivity index is 1.43. The van der Waals surface area contributed by atoms with E-state index in [1.54, 1.807) is 16.2 Å². The number of aromatic nitrogens is 3. The molecule has 138 valence electrons. The molecule has 0 bridgehead atoms. The molecule has 0 radical (unpaired) electrons. The molecular weight excluding hydrogens is 376 g/mol. The largest absolute Gasteiger partial charge is 0.336 e. The van der Waals surface area contributed by atoms with Crippen LogP contribution in [0.3, 0.4) is 0 Å². The summed E-state index contributed by atoms with van der Waals surface area (Å²) in [6, 6.07) is 14.1. The quantitative estimate of drug-likeness (QED) is 0.493. The standard InChI is InChI=1S/C20H20N4OS2/c1-12-8-9-14-16(10-12)23-20(22-14)26-11-18(25)24(3)13(2)19-21-15-6-4-5-7-17(15)27-19/h4-10,13H,11H2,1-3H3,(H,22,23)/t13-/m0/s1. The molecule has 7 heteroatoms. The van der Waals surface area contributed by atoms with Gasteiger partial charge in [0, 0.05) is 7.05 Å². The van der Waals surface area contributed by atoms with E-state index in [0.29, 0.717) is 5.75 Å². The van der Waals surface area contributed by atoms with Crippen molar-refractivity contribution in [3.8, 4) is 0 Å². The summed E-state index contributed by atoms with van der Waals surface area (Å²) in [7, 11) is 1.83. The Morgan fingerprint density at radius 1 is 1.22 bits per heavy atom. The minimum absolute atomic E-state index is 0.0587. The summed E-state index contributed by atoms with van der Waals surface area (Å²) in [4.78, 5) is 26.9. The summed E-state index contributed by atoms with van der Waals surface area (Å²) in [6.45, 7) is 4.07. The highest BCUT2D eigenvalue weighted by Gasteiger charge is 2.21. The van der Waals surface area contributed by atoms with Crippen molar-refractivity contribution >= 4 is 50.3 Å². The zero-order valence-electron chi connectivity index (χ0n) is 15.4. The number of nitrogens with zero attached hydrogens (tertiary/aromatic N) is 3. The summed E-state index contributed by atoms with van der Waals surface area (Å²) >= 11 is 3.07. The van der Waals surface area contributed by atoms with Crippen molar-refractivity contribution in [3.63, 3.8) is 0 Å². The number of aromatic amines is 1. The number of benzene rings is 2. The number of fused-ring (bicyclic) bond motifs is 2. The van der Waals surface area contributed by atoms with Crippen molar-refractivity contribution in [1.82, 2.24) is 19.9 Å². The Labute approximate surface area is 165 Å². The van der Waals surface area contributed by atoms with E-state index >= 15 is 0 Å². The van der Waals surface area contributed by atoms with Gasteiger partial charge in [-0.05, 0) is 43.7 Å². The lowest BCUT2D eigenvalue weighted by molar-refractivity contribution is -0.128. The van der Waals surface area contributed by atoms with Crippen LogP contribution in [0.25, 0.3) is 21.3 Å². The molecule has 1 amide bonds. The average Bonchev–Trinajstić information content (AvgIpc) is 3.27. The van der Waals surface area contributed by atoms with Gasteiger partial charge >= 0.3 is 0 Å². The maximum absolute atomic E-state index is 12.7. The Morgan fingerprint density at radius 3 is 2.85 bits per heavy atom. The van der Waals surface area contributed by atoms with Gasteiger partial charge in [0.05, 0.1) is 33.0 Å². The number of thioether (sulfide) groups is 1. The first-order chi connectivity index (χ1) is 13.0. The van der Waals surface area contributed by atoms with E-state index < -0.39 is 0 Å². The number of hydrogen-bond donors (Lipinski definition) is 1. The third-order valence-corrected chi connectivity index (χ3v) is 6.65. The molecule has 4 aromatic rings. The van der Waals surface area contributed by atoms with E-state index in [1.807, 2.05) is 44.3 Å². The molecule has 0 spiro atoms. The van der Waals surface area contributed by atoms with Gasteiger partial charge in [-0.3, -0.25) is 4.79 Å². The minimum atomic E-state index is -0.0613. The highest BCUT2D eigenvalue weighted by atomic mass is 32.2. The second kappa shape index (κ2) is 7.32. The molecule has 2 aromatic heterocycles. The molecule has 1 N–H and O–H groups in total. The van der Waals surface area contributed by atoms with Crippen molar-refractivity contribution in [3.05, 3.63) is 53.0 Å². The molecule has 5 nitrogen and oxygen atoms in total. The normalized spacial score (nSPS) is 12.6. The smallest absolute Gasteiger partial charge is 0.233 e. The lowest BCUT2D eigenvalue weighted by Gasteiger charge is -2.22. The topological polar surface area (TPSA) is 61.9 Å². The van der Waals surface area contributed by atoms with Gasteiger partial charge in [0.25, 0.3) is 0 Å². The highest BCUT2D eigenvalue weighted by molar-refractivity contribution is 7.99. The second-order valence-corrected chi connectivity index (χ2v) is 8.58. The van der Waals surface area contributed by atoms with E-state index in [4.69, 9.17) is 0 Å². The van der Waals surface area contributed by atoms with Gasteiger partial charge < -0.3 is 9.88 Å². The van der Waals surface area contributed by atoms with Gasteiger partial charge in [-0.15, -0.1) is 11.3 Å². The van der Waals surface area contributed by atoms with Crippen molar-refractivity contribution in [2.75, 3.05) is 12.8 Å². The van der Waals surface area contributed by atoms with E-state index in [9.17, 15) is 4.79 Å². The third-order valence-electron chi connectivity index (χ3n) is 4.59. The van der Waals surface area contributed by atoms with Crippen LogP contribution in [-0.4, -0.2) is 38.6 Å². The molecule has 27 heavy (non-hydrogen) atoms. The summed E-state index contributed by atoms with van der Waals surface area (Å²) in [6.07, 6.45) is 0. The van der Waals surface area contributed by atoms with E-state index in [1.165, 1.54) is 17.3 Å². The van der Waals surface area contributed by atoms with Crippen LogP contribution in [0.2, 0.25) is 0 Å². The second-order valence-electron chi connectivity index (χ2n) is 6.55. The van der Waals surface area contributed by atoms with Gasteiger partial charge in [-0.25, -0.2) is 9.97 Å². The Bertz CT molecular complexity index is 1080. The molecule has 4 rings (SSSR count). The summed E-state index contributed by atoms with van der Waals surface area (Å²) in [5, 5.41) is 1.72. The molecule has 0 unspecified atom stereocenters. The number of para-hydroxylation sites is 1. The molecule has 0 fully saturated rings. The van der Waals surface area contributed by atoms with Gasteiger partial charge in [0.15, 0.2) is 5.16 Å². The van der Waals surface area contributed by atoms with Crippen molar-refractivity contribution < 1.29 is 4.79 Å². The van der Waals surface area contributed by atoms with Crippen LogP contribution in [0.5, 0.6) is 0 Å². The zero-order chi connectivity index (χ0) is 19.0. The van der Waals surface area contributed by atoms with Gasteiger partial charge in [-0.1, -0.05) is 30.0 Å². The van der Waals surface area contributed by atoms with Crippen molar-refractivity contribution in [2.45, 2.75) is 25.0 Å².